The molecular formula is C16H12N3P. The van der Waals surface area contributed by atoms with Gasteiger partial charge in [-0.2, -0.15) is 5.10 Å². The number of anilines is 1. The normalized spacial score (nSPS) is 13.5. The van der Waals surface area contributed by atoms with Crippen LogP contribution in [0.25, 0.3) is 17.0 Å². The Morgan fingerprint density at radius 2 is 1.85 bits per heavy atom. The maximum absolute atomic E-state index is 4.49. The van der Waals surface area contributed by atoms with Gasteiger partial charge in [0.1, 0.15) is 8.88 Å². The lowest BCUT2D eigenvalue weighted by atomic mass is 10.1. The summed E-state index contributed by atoms with van der Waals surface area (Å²) in [6.07, 6.45) is 5.91. The molecule has 1 aromatic heterocycles. The van der Waals surface area contributed by atoms with Gasteiger partial charge in [0.2, 0.25) is 0 Å². The van der Waals surface area contributed by atoms with Crippen LogP contribution in [-0.4, -0.2) is 9.55 Å². The largest absolute Gasteiger partial charge is 0.302 e. The van der Waals surface area contributed by atoms with E-state index in [-0.39, 0.29) is 0 Å². The van der Waals surface area contributed by atoms with Crippen molar-refractivity contribution < 1.29 is 0 Å². The van der Waals surface area contributed by atoms with Gasteiger partial charge in [0.05, 0.1) is 23.6 Å². The molecule has 0 N–H and O–H groups in total. The van der Waals surface area contributed by atoms with Crippen LogP contribution < -0.4 is 4.67 Å². The fraction of sp³-hybridized carbons (Fsp3) is 0. The molecule has 1 aliphatic rings. The molecule has 96 valence electrons. The van der Waals surface area contributed by atoms with Crippen LogP contribution in [0.15, 0.2) is 66.7 Å². The summed E-state index contributed by atoms with van der Waals surface area (Å²) in [6, 6.07) is 16.6. The van der Waals surface area contributed by atoms with Gasteiger partial charge in [0.25, 0.3) is 0 Å². The van der Waals surface area contributed by atoms with Crippen LogP contribution in [0.3, 0.4) is 0 Å². The van der Waals surface area contributed by atoms with Crippen molar-refractivity contribution in [2.75, 3.05) is 4.67 Å². The van der Waals surface area contributed by atoms with E-state index in [2.05, 4.69) is 45.8 Å². The van der Waals surface area contributed by atoms with Gasteiger partial charge in [0, 0.05) is 10.9 Å². The average Bonchev–Trinajstić information content (AvgIpc) is 2.91. The van der Waals surface area contributed by atoms with Crippen LogP contribution in [-0.2, 0) is 0 Å². The van der Waals surface area contributed by atoms with E-state index in [0.29, 0.717) is 8.88 Å². The zero-order valence-electron chi connectivity index (χ0n) is 10.7. The standard InChI is InChI=1S/C16H12N3P/c1-3-9-15-13(6-1)8-5-11-18(15)20-19-16-10-4-2-7-14(16)12-17-19/h1-4,6-12,20H. The molecule has 4 rings (SSSR count). The van der Waals surface area contributed by atoms with E-state index in [1.54, 1.807) is 0 Å². The van der Waals surface area contributed by atoms with Crippen LogP contribution in [0.4, 0.5) is 5.69 Å². The fourth-order valence-electron chi connectivity index (χ4n) is 2.34. The first-order chi connectivity index (χ1) is 9.92. The summed E-state index contributed by atoms with van der Waals surface area (Å²) in [4.78, 5) is 0. The highest BCUT2D eigenvalue weighted by molar-refractivity contribution is 7.38. The minimum absolute atomic E-state index is 0.400. The van der Waals surface area contributed by atoms with Crippen molar-refractivity contribution in [3.8, 4) is 0 Å². The Bertz CT molecular complexity index is 844. The minimum Gasteiger partial charge on any atom is -0.302 e. The minimum atomic E-state index is 0.400. The monoisotopic (exact) mass is 277 g/mol. The van der Waals surface area contributed by atoms with Crippen molar-refractivity contribution in [1.82, 2.24) is 9.55 Å². The van der Waals surface area contributed by atoms with E-state index in [4.69, 9.17) is 0 Å². The third-order valence-corrected chi connectivity index (χ3v) is 4.45. The van der Waals surface area contributed by atoms with Crippen LogP contribution in [0, 0.1) is 0 Å². The molecule has 0 fully saturated rings. The number of hydrogen-bond acceptors (Lipinski definition) is 2. The summed E-state index contributed by atoms with van der Waals surface area (Å²) in [5.41, 5.74) is 6.74. The SMILES string of the molecule is C1=Cc2ccccc2N(Pn2ncc3ccccc32)C=1. The van der Waals surface area contributed by atoms with Crippen LogP contribution in [0.5, 0.6) is 0 Å². The van der Waals surface area contributed by atoms with E-state index in [1.165, 1.54) is 16.6 Å². The summed E-state index contributed by atoms with van der Waals surface area (Å²) in [7, 11) is 0.400. The van der Waals surface area contributed by atoms with Gasteiger partial charge in [-0.3, -0.25) is 0 Å². The summed E-state index contributed by atoms with van der Waals surface area (Å²) < 4.78 is 4.23. The van der Waals surface area contributed by atoms with Gasteiger partial charge in [-0.05, 0) is 18.2 Å². The molecule has 0 radical (unpaired) electrons. The van der Waals surface area contributed by atoms with E-state index < -0.39 is 0 Å². The number of fused-ring (bicyclic) bond motifs is 2. The zero-order valence-corrected chi connectivity index (χ0v) is 11.7. The lowest BCUT2D eigenvalue weighted by Gasteiger charge is -2.23. The molecule has 2 aromatic carbocycles. The lowest BCUT2D eigenvalue weighted by molar-refractivity contribution is 1.02. The zero-order chi connectivity index (χ0) is 13.4. The van der Waals surface area contributed by atoms with Gasteiger partial charge >= 0.3 is 0 Å². The lowest BCUT2D eigenvalue weighted by Crippen LogP contribution is -2.09. The highest BCUT2D eigenvalue weighted by Crippen LogP contribution is 2.35. The highest BCUT2D eigenvalue weighted by atomic mass is 31.1. The second kappa shape index (κ2) is 4.64. The Labute approximate surface area is 118 Å². The molecule has 3 aromatic rings. The second-order valence-corrected chi connectivity index (χ2v) is 5.69. The molecule has 0 bridgehead atoms. The molecule has 3 nitrogen and oxygen atoms in total. The van der Waals surface area contributed by atoms with E-state index in [1.807, 2.05) is 41.1 Å². The molecule has 0 amide bonds. The van der Waals surface area contributed by atoms with Gasteiger partial charge < -0.3 is 4.67 Å². The first kappa shape index (κ1) is 11.5. The third kappa shape index (κ3) is 1.85. The Hall–Kier alpha value is -2.34. The Kier molecular flexibility index (Phi) is 2.67. The number of nitrogens with zero attached hydrogens (tertiary/aromatic N) is 3. The van der Waals surface area contributed by atoms with E-state index in [0.717, 1.165) is 5.52 Å². The van der Waals surface area contributed by atoms with Gasteiger partial charge in [-0.1, -0.05) is 36.4 Å². The number of rotatable bonds is 2. The van der Waals surface area contributed by atoms with E-state index in [9.17, 15) is 0 Å². The first-order valence-electron chi connectivity index (χ1n) is 6.42. The van der Waals surface area contributed by atoms with Crippen LogP contribution >= 0.6 is 8.88 Å². The summed E-state index contributed by atoms with van der Waals surface area (Å²) in [5, 5.41) is 5.66. The molecule has 1 atom stereocenters. The molecular weight excluding hydrogens is 265 g/mol. The molecule has 4 heteroatoms. The summed E-state index contributed by atoms with van der Waals surface area (Å²) >= 11 is 0. The number of para-hydroxylation sites is 2. The smallest absolute Gasteiger partial charge is 0.108 e. The third-order valence-electron chi connectivity index (χ3n) is 3.32. The van der Waals surface area contributed by atoms with Crippen molar-refractivity contribution in [2.45, 2.75) is 0 Å². The fourth-order valence-corrected chi connectivity index (χ4v) is 3.40. The van der Waals surface area contributed by atoms with Crippen molar-refractivity contribution >= 4 is 31.5 Å². The molecule has 20 heavy (non-hydrogen) atoms. The Morgan fingerprint density at radius 3 is 2.85 bits per heavy atom. The van der Waals surface area contributed by atoms with Gasteiger partial charge in [-0.25, -0.2) is 4.45 Å². The predicted octanol–water partition coefficient (Wildman–Crippen LogP) is 4.04. The van der Waals surface area contributed by atoms with Crippen molar-refractivity contribution in [3.05, 3.63) is 72.2 Å². The number of benzene rings is 2. The molecule has 0 aliphatic carbocycles. The maximum atomic E-state index is 4.49. The molecule has 1 unspecified atom stereocenters. The average molecular weight is 277 g/mol. The topological polar surface area (TPSA) is 21.1 Å². The van der Waals surface area contributed by atoms with Crippen molar-refractivity contribution in [1.29, 1.82) is 0 Å². The molecule has 1 aliphatic heterocycles. The van der Waals surface area contributed by atoms with Crippen molar-refractivity contribution in [2.24, 2.45) is 0 Å². The first-order valence-corrected chi connectivity index (χ1v) is 7.31. The molecule has 0 saturated heterocycles. The van der Waals surface area contributed by atoms with Gasteiger partial charge in [0.15, 0.2) is 0 Å². The van der Waals surface area contributed by atoms with Crippen LogP contribution in [0.2, 0.25) is 0 Å². The molecule has 0 spiro atoms. The summed E-state index contributed by atoms with van der Waals surface area (Å²) in [6.45, 7) is 0. The van der Waals surface area contributed by atoms with E-state index >= 15 is 0 Å². The molecule has 0 saturated carbocycles. The maximum Gasteiger partial charge on any atom is 0.108 e. The Morgan fingerprint density at radius 1 is 1.00 bits per heavy atom. The summed E-state index contributed by atoms with van der Waals surface area (Å²) in [5.74, 6) is 0. The van der Waals surface area contributed by atoms with Gasteiger partial charge in [-0.15, -0.1) is 5.73 Å². The predicted molar refractivity (Wildman–Crippen MR) is 84.9 cm³/mol. The number of hydrogen-bond donors (Lipinski definition) is 0. The number of aromatic nitrogens is 2. The van der Waals surface area contributed by atoms with Crippen LogP contribution in [0.1, 0.15) is 5.56 Å². The highest BCUT2D eigenvalue weighted by Gasteiger charge is 2.12. The molecule has 2 heterocycles. The van der Waals surface area contributed by atoms with Crippen molar-refractivity contribution in [3.63, 3.8) is 0 Å². The second-order valence-electron chi connectivity index (χ2n) is 4.58. The Balaban J connectivity index is 1.75. The quantitative estimate of drug-likeness (QED) is 0.520.